The Morgan fingerprint density at radius 2 is 1.67 bits per heavy atom. The average molecular weight is 547 g/mol. The Morgan fingerprint density at radius 1 is 1.03 bits per heavy atom. The first-order valence-electron chi connectivity index (χ1n) is 12.1. The Bertz CT molecular complexity index is 1650. The van der Waals surface area contributed by atoms with E-state index in [0.29, 0.717) is 35.5 Å². The summed E-state index contributed by atoms with van der Waals surface area (Å²) in [6, 6.07) is 13.8. The lowest BCUT2D eigenvalue weighted by Crippen LogP contribution is -2.48. The van der Waals surface area contributed by atoms with Crippen LogP contribution in [-0.2, 0) is 19.5 Å². The molecule has 1 atom stereocenters. The minimum atomic E-state index is -1.19. The molecule has 0 saturated heterocycles. The number of carboxylic acids is 1. The Morgan fingerprint density at radius 3 is 2.23 bits per heavy atom. The number of carbonyl (C=O) groups is 3. The van der Waals surface area contributed by atoms with Crippen LogP contribution in [0, 0.1) is 0 Å². The molecule has 0 fully saturated rings. The number of imide groups is 1. The number of rotatable bonds is 8. The highest BCUT2D eigenvalue weighted by Crippen LogP contribution is 2.40. The minimum absolute atomic E-state index is 0.0149. The van der Waals surface area contributed by atoms with Crippen LogP contribution in [0.2, 0.25) is 0 Å². The van der Waals surface area contributed by atoms with Crippen LogP contribution < -0.4 is 21.3 Å². The van der Waals surface area contributed by atoms with Gasteiger partial charge in [0.25, 0.3) is 11.8 Å². The van der Waals surface area contributed by atoms with Crippen LogP contribution in [0.5, 0.6) is 5.75 Å². The molecule has 2 amide bonds. The van der Waals surface area contributed by atoms with E-state index >= 15 is 0 Å². The van der Waals surface area contributed by atoms with Gasteiger partial charge in [0.1, 0.15) is 10.8 Å². The summed E-state index contributed by atoms with van der Waals surface area (Å²) in [5.41, 5.74) is 3.38. The van der Waals surface area contributed by atoms with E-state index in [0.717, 1.165) is 15.1 Å². The fourth-order valence-electron chi connectivity index (χ4n) is 5.12. The summed E-state index contributed by atoms with van der Waals surface area (Å²) in [6.07, 6.45) is 0.251. The molecule has 12 heteroatoms. The molecule has 0 aliphatic carbocycles. The van der Waals surface area contributed by atoms with Gasteiger partial charge in [0.05, 0.1) is 23.8 Å². The highest BCUT2D eigenvalue weighted by Gasteiger charge is 2.40. The molecule has 0 bridgehead atoms. The zero-order chi connectivity index (χ0) is 27.4. The van der Waals surface area contributed by atoms with Crippen molar-refractivity contribution in [3.05, 3.63) is 102 Å². The Labute approximate surface area is 225 Å². The molecule has 0 radical (unpaired) electrons. The van der Waals surface area contributed by atoms with Crippen molar-refractivity contribution in [3.63, 3.8) is 0 Å². The predicted octanol–water partition coefficient (Wildman–Crippen LogP) is 1.95. The molecule has 198 valence electrons. The smallest absolute Gasteiger partial charge is 0.340 e. The number of amides is 2. The van der Waals surface area contributed by atoms with Crippen LogP contribution in [0.1, 0.15) is 47.1 Å². The van der Waals surface area contributed by atoms with E-state index in [1.165, 1.54) is 16.2 Å². The number of thiophene rings is 1. The van der Waals surface area contributed by atoms with Crippen molar-refractivity contribution in [3.8, 4) is 5.75 Å². The van der Waals surface area contributed by atoms with Gasteiger partial charge in [0.15, 0.2) is 0 Å². The Balaban J connectivity index is 1.35. The number of fused-ring (bicyclic) bond motifs is 2. The molecule has 6 rings (SSSR count). The third-order valence-corrected chi connectivity index (χ3v) is 8.30. The molecule has 2 N–H and O–H groups in total. The third-order valence-electron chi connectivity index (χ3n) is 7.18. The number of anilines is 1. The van der Waals surface area contributed by atoms with E-state index in [1.54, 1.807) is 31.4 Å². The van der Waals surface area contributed by atoms with E-state index in [2.05, 4.69) is 10.3 Å². The van der Waals surface area contributed by atoms with Gasteiger partial charge in [-0.2, -0.15) is 4.68 Å². The number of hydrogen-bond acceptors (Lipinski definition) is 9. The maximum atomic E-state index is 13.1. The van der Waals surface area contributed by atoms with Crippen molar-refractivity contribution in [2.24, 2.45) is 0 Å². The number of benzene rings is 2. The molecule has 2 aromatic heterocycles. The molecule has 11 nitrogen and oxygen atoms in total. The summed E-state index contributed by atoms with van der Waals surface area (Å²) in [5.74, 6) is -1.24. The van der Waals surface area contributed by atoms with E-state index in [-0.39, 0.29) is 41.4 Å². The van der Waals surface area contributed by atoms with Gasteiger partial charge in [-0.3, -0.25) is 34.4 Å². The zero-order valence-corrected chi connectivity index (χ0v) is 21.5. The number of methoxy groups -OCH3 is 1. The number of carboxylic acid groups (broad SMARTS) is 1. The maximum absolute atomic E-state index is 13.1. The van der Waals surface area contributed by atoms with E-state index in [9.17, 15) is 29.1 Å². The number of hydrogen-bond donors (Lipinski definition) is 2. The highest BCUT2D eigenvalue weighted by molar-refractivity contribution is 7.16. The number of nitrogens with zero attached hydrogens (tertiary/aromatic N) is 3. The van der Waals surface area contributed by atoms with E-state index in [4.69, 9.17) is 4.74 Å². The molecule has 4 aromatic rings. The second-order valence-corrected chi connectivity index (χ2v) is 10.6. The van der Waals surface area contributed by atoms with Crippen LogP contribution in [-0.4, -0.2) is 57.1 Å². The summed E-state index contributed by atoms with van der Waals surface area (Å²) >= 11 is 1.17. The van der Waals surface area contributed by atoms with E-state index in [1.807, 2.05) is 24.3 Å². The molecular formula is C27H22N4O7S. The largest absolute Gasteiger partial charge is 0.497 e. The van der Waals surface area contributed by atoms with Crippen molar-refractivity contribution in [2.45, 2.75) is 25.6 Å². The first kappa shape index (κ1) is 24.8. The lowest BCUT2D eigenvalue weighted by molar-refractivity contribution is 0.0559. The monoisotopic (exact) mass is 546 g/mol. The van der Waals surface area contributed by atoms with Gasteiger partial charge in [0.2, 0.25) is 0 Å². The number of aromatic nitrogens is 1. The normalized spacial score (nSPS) is 16.9. The lowest BCUT2D eigenvalue weighted by atomic mass is 9.95. The van der Waals surface area contributed by atoms with Gasteiger partial charge in [0, 0.05) is 30.6 Å². The van der Waals surface area contributed by atoms with Crippen LogP contribution in [0.25, 0.3) is 0 Å². The van der Waals surface area contributed by atoms with Crippen LogP contribution in [0.15, 0.2) is 58.1 Å². The molecule has 0 saturated carbocycles. The second kappa shape index (κ2) is 9.33. The highest BCUT2D eigenvalue weighted by atomic mass is 32.1. The minimum Gasteiger partial charge on any atom is -0.497 e. The number of nitrogens with one attached hydrogen (secondary N) is 1. The number of aromatic carboxylic acids is 1. The van der Waals surface area contributed by atoms with Crippen molar-refractivity contribution in [2.75, 3.05) is 19.1 Å². The topological polar surface area (TPSA) is 138 Å². The lowest BCUT2D eigenvalue weighted by Gasteiger charge is -2.37. The summed E-state index contributed by atoms with van der Waals surface area (Å²) in [4.78, 5) is 65.7. The molecule has 2 aliphatic heterocycles. The summed E-state index contributed by atoms with van der Waals surface area (Å²) in [5, 5.41) is 10.2. The predicted molar refractivity (Wildman–Crippen MR) is 141 cm³/mol. The number of carbonyl (C=O) groups excluding carboxylic acids is 2. The second-order valence-electron chi connectivity index (χ2n) is 9.45. The van der Waals surface area contributed by atoms with Crippen LogP contribution in [0.4, 0.5) is 5.00 Å². The third kappa shape index (κ3) is 4.23. The first-order valence-corrected chi connectivity index (χ1v) is 12.9. The maximum Gasteiger partial charge on any atom is 0.340 e. The van der Waals surface area contributed by atoms with Gasteiger partial charge in [-0.15, -0.1) is 11.3 Å². The quantitative estimate of drug-likeness (QED) is 0.251. The summed E-state index contributed by atoms with van der Waals surface area (Å²) < 4.78 is 6.02. The summed E-state index contributed by atoms with van der Waals surface area (Å²) in [6.45, 7) is 0.899. The van der Waals surface area contributed by atoms with Crippen molar-refractivity contribution >= 4 is 34.1 Å². The van der Waals surface area contributed by atoms with Crippen LogP contribution >= 0.6 is 11.3 Å². The van der Waals surface area contributed by atoms with Gasteiger partial charge in [-0.1, -0.05) is 24.3 Å². The van der Waals surface area contributed by atoms with Crippen molar-refractivity contribution < 1.29 is 24.2 Å². The molecule has 4 heterocycles. The zero-order valence-electron chi connectivity index (χ0n) is 20.7. The molecule has 2 aliphatic rings. The summed E-state index contributed by atoms with van der Waals surface area (Å²) in [7, 11) is 1.58. The van der Waals surface area contributed by atoms with Crippen LogP contribution in [0.3, 0.4) is 0 Å². The van der Waals surface area contributed by atoms with Gasteiger partial charge < -0.3 is 9.84 Å². The Kier molecular flexibility index (Phi) is 5.92. The standard InChI is InChI=1S/C27H22N4O7S/c1-38-16-8-6-14(7-9-16)11-29-13-20-19(21(27(36)37)22(39-20)28-31-25(34)26(31)35)10-15(29)12-30-23(32)17-4-2-3-5-18(17)24(30)33/h2-9,15,28H,10-13H2,1H3,(H,36,37). The van der Waals surface area contributed by atoms with E-state index < -0.39 is 17.1 Å². The molecule has 1 unspecified atom stereocenters. The van der Waals surface area contributed by atoms with Gasteiger partial charge >= 0.3 is 17.1 Å². The fraction of sp³-hybridized carbons (Fsp3) is 0.222. The molecule has 39 heavy (non-hydrogen) atoms. The Hall–Kier alpha value is -4.55. The average Bonchev–Trinajstić information content (AvgIpc) is 3.23. The molecule has 2 aromatic carbocycles. The number of ether oxygens (including phenoxy) is 1. The van der Waals surface area contributed by atoms with Crippen molar-refractivity contribution in [1.29, 1.82) is 0 Å². The first-order chi connectivity index (χ1) is 18.8. The molecule has 0 spiro atoms. The van der Waals surface area contributed by atoms with Gasteiger partial charge in [-0.05, 0) is 41.8 Å². The SMILES string of the molecule is COc1ccc(CN2Cc3sc(Nn4c(=O)c4=O)c(C(=O)O)c3CC2CN2C(=O)c3ccccc3C2=O)cc1. The fourth-order valence-corrected chi connectivity index (χ4v) is 6.36. The molecular weight excluding hydrogens is 524 g/mol. The van der Waals surface area contributed by atoms with Crippen molar-refractivity contribution in [1.82, 2.24) is 14.5 Å². The van der Waals surface area contributed by atoms with Gasteiger partial charge in [-0.25, -0.2) is 4.79 Å².